The minimum absolute atomic E-state index is 0.0592. The Balaban J connectivity index is 1.57. The molecule has 0 aromatic heterocycles. The van der Waals surface area contributed by atoms with E-state index in [1.54, 1.807) is 24.3 Å². The smallest absolute Gasteiger partial charge is 0.224 e. The molecule has 0 aliphatic carbocycles. The molecule has 0 fully saturated rings. The molecule has 0 spiro atoms. The number of benzene rings is 2. The number of amides is 1. The Bertz CT molecular complexity index is 817. The third-order valence-corrected chi connectivity index (χ3v) is 4.48. The first-order valence-electron chi connectivity index (χ1n) is 8.58. The van der Waals surface area contributed by atoms with Gasteiger partial charge >= 0.3 is 0 Å². The zero-order chi connectivity index (χ0) is 18.5. The monoisotopic (exact) mass is 373 g/mol. The van der Waals surface area contributed by atoms with E-state index in [-0.39, 0.29) is 24.5 Å². The fourth-order valence-corrected chi connectivity index (χ4v) is 2.87. The number of carbonyl (C=O) groups excluding carboxylic acids is 2. The first-order chi connectivity index (χ1) is 12.6. The fraction of sp³-hybridized carbons (Fsp3) is 0.300. The maximum Gasteiger partial charge on any atom is 0.224 e. The van der Waals surface area contributed by atoms with Crippen LogP contribution >= 0.6 is 11.6 Å². The number of rotatable bonds is 6. The summed E-state index contributed by atoms with van der Waals surface area (Å²) in [6.07, 6.45) is 1.14. The van der Waals surface area contributed by atoms with Gasteiger partial charge in [-0.05, 0) is 12.0 Å². The van der Waals surface area contributed by atoms with Crippen molar-refractivity contribution in [1.82, 2.24) is 0 Å². The molecule has 1 aliphatic heterocycles. The predicted octanol–water partition coefficient (Wildman–Crippen LogP) is 4.28. The number of carbonyl (C=O) groups is 2. The van der Waals surface area contributed by atoms with Crippen LogP contribution in [0.5, 0.6) is 11.5 Å². The molecule has 1 N–H and O–H groups in total. The van der Waals surface area contributed by atoms with Gasteiger partial charge in [0.25, 0.3) is 0 Å². The molecule has 5 nitrogen and oxygen atoms in total. The molecule has 1 amide bonds. The molecule has 0 unspecified atom stereocenters. The van der Waals surface area contributed by atoms with E-state index < -0.39 is 0 Å². The average Bonchev–Trinajstić information content (AvgIpc) is 2.66. The number of Topliss-reactive ketones (excluding diaryl/α,β-unsaturated/α-hetero) is 1. The highest BCUT2D eigenvalue weighted by Gasteiger charge is 2.17. The van der Waals surface area contributed by atoms with Gasteiger partial charge in [-0.3, -0.25) is 9.59 Å². The standard InChI is InChI=1S/C20H20ClNO4/c1-2-13-3-5-14(6-4-13)17(23)7-8-20(24)22-16-12-19-18(11-15(16)21)25-9-10-26-19/h3-6,11-12H,2,7-10H2,1H3,(H,22,24). The molecule has 0 atom stereocenters. The van der Waals surface area contributed by atoms with Crippen LogP contribution in [-0.4, -0.2) is 24.9 Å². The highest BCUT2D eigenvalue weighted by Crippen LogP contribution is 2.38. The number of hydrogen-bond acceptors (Lipinski definition) is 4. The van der Waals surface area contributed by atoms with Crippen LogP contribution in [0.25, 0.3) is 0 Å². The molecule has 2 aromatic rings. The van der Waals surface area contributed by atoms with E-state index >= 15 is 0 Å². The summed E-state index contributed by atoms with van der Waals surface area (Å²) >= 11 is 6.18. The van der Waals surface area contributed by atoms with Crippen molar-refractivity contribution in [3.63, 3.8) is 0 Å². The van der Waals surface area contributed by atoms with Crippen LogP contribution in [0.2, 0.25) is 5.02 Å². The molecule has 0 bridgehead atoms. The summed E-state index contributed by atoms with van der Waals surface area (Å²) in [7, 11) is 0. The zero-order valence-electron chi connectivity index (χ0n) is 14.5. The Morgan fingerprint density at radius 1 is 1.04 bits per heavy atom. The molecule has 26 heavy (non-hydrogen) atoms. The molecule has 6 heteroatoms. The summed E-state index contributed by atoms with van der Waals surface area (Å²) in [5, 5.41) is 3.09. The van der Waals surface area contributed by atoms with Gasteiger partial charge in [-0.15, -0.1) is 0 Å². The van der Waals surface area contributed by atoms with Crippen molar-refractivity contribution in [2.75, 3.05) is 18.5 Å². The lowest BCUT2D eigenvalue weighted by Crippen LogP contribution is -2.17. The molecule has 3 rings (SSSR count). The van der Waals surface area contributed by atoms with E-state index in [0.717, 1.165) is 6.42 Å². The number of ether oxygens (including phenoxy) is 2. The number of aryl methyl sites for hydroxylation is 1. The molecule has 136 valence electrons. The van der Waals surface area contributed by atoms with Gasteiger partial charge in [0, 0.05) is 30.5 Å². The molecular weight excluding hydrogens is 354 g/mol. The zero-order valence-corrected chi connectivity index (χ0v) is 15.3. The Hall–Kier alpha value is -2.53. The lowest BCUT2D eigenvalue weighted by molar-refractivity contribution is -0.116. The van der Waals surface area contributed by atoms with Gasteiger partial charge in [0.1, 0.15) is 13.2 Å². The van der Waals surface area contributed by atoms with Gasteiger partial charge in [0.05, 0.1) is 10.7 Å². The molecule has 0 saturated heterocycles. The van der Waals surface area contributed by atoms with Crippen molar-refractivity contribution in [2.24, 2.45) is 0 Å². The largest absolute Gasteiger partial charge is 0.486 e. The van der Waals surface area contributed by atoms with Crippen molar-refractivity contribution in [3.8, 4) is 11.5 Å². The van der Waals surface area contributed by atoms with Crippen LogP contribution < -0.4 is 14.8 Å². The van der Waals surface area contributed by atoms with E-state index in [1.165, 1.54) is 5.56 Å². The molecule has 0 saturated carbocycles. The van der Waals surface area contributed by atoms with Gasteiger partial charge in [-0.25, -0.2) is 0 Å². The summed E-state index contributed by atoms with van der Waals surface area (Å²) in [5.74, 6) is 0.770. The minimum Gasteiger partial charge on any atom is -0.486 e. The van der Waals surface area contributed by atoms with Gasteiger partial charge < -0.3 is 14.8 Å². The van der Waals surface area contributed by atoms with E-state index in [4.69, 9.17) is 21.1 Å². The van der Waals surface area contributed by atoms with Crippen LogP contribution in [0.3, 0.4) is 0 Å². The first-order valence-corrected chi connectivity index (χ1v) is 8.95. The summed E-state index contributed by atoms with van der Waals surface area (Å²) in [6.45, 7) is 2.98. The second-order valence-electron chi connectivity index (χ2n) is 6.00. The van der Waals surface area contributed by atoms with Crippen molar-refractivity contribution >= 4 is 29.0 Å². The molecular formula is C20H20ClNO4. The van der Waals surface area contributed by atoms with Crippen LogP contribution in [0.4, 0.5) is 5.69 Å². The predicted molar refractivity (Wildman–Crippen MR) is 100 cm³/mol. The van der Waals surface area contributed by atoms with Crippen LogP contribution in [-0.2, 0) is 11.2 Å². The molecule has 1 aliphatic rings. The second kappa shape index (κ2) is 8.23. The average molecular weight is 374 g/mol. The van der Waals surface area contributed by atoms with Gasteiger partial charge in [-0.1, -0.05) is 42.8 Å². The highest BCUT2D eigenvalue weighted by atomic mass is 35.5. The van der Waals surface area contributed by atoms with E-state index in [1.807, 2.05) is 12.1 Å². The minimum atomic E-state index is -0.276. The maximum atomic E-state index is 12.2. The number of hydrogen-bond donors (Lipinski definition) is 1. The number of fused-ring (bicyclic) bond motifs is 1. The third kappa shape index (κ3) is 4.35. The molecule has 0 radical (unpaired) electrons. The maximum absolute atomic E-state index is 12.2. The van der Waals surface area contributed by atoms with Crippen LogP contribution in [0.15, 0.2) is 36.4 Å². The Labute approximate surface area is 157 Å². The summed E-state index contributed by atoms with van der Waals surface area (Å²) in [6, 6.07) is 10.7. The first kappa shape index (κ1) is 18.3. The highest BCUT2D eigenvalue weighted by molar-refractivity contribution is 6.34. The van der Waals surface area contributed by atoms with Gasteiger partial charge in [0.15, 0.2) is 17.3 Å². The lowest BCUT2D eigenvalue weighted by Gasteiger charge is -2.20. The van der Waals surface area contributed by atoms with Crippen molar-refractivity contribution in [3.05, 3.63) is 52.5 Å². The third-order valence-electron chi connectivity index (χ3n) is 4.17. The normalized spacial score (nSPS) is 12.5. The fourth-order valence-electron chi connectivity index (χ4n) is 2.67. The van der Waals surface area contributed by atoms with Crippen LogP contribution in [0, 0.1) is 0 Å². The molecule has 2 aromatic carbocycles. The topological polar surface area (TPSA) is 64.6 Å². The Kier molecular flexibility index (Phi) is 5.78. The lowest BCUT2D eigenvalue weighted by atomic mass is 10.0. The summed E-state index contributed by atoms with van der Waals surface area (Å²) in [5.41, 5.74) is 2.24. The molecule has 1 heterocycles. The number of anilines is 1. The van der Waals surface area contributed by atoms with Gasteiger partial charge in [0.2, 0.25) is 5.91 Å². The SMILES string of the molecule is CCc1ccc(C(=O)CCC(=O)Nc2cc3c(cc2Cl)OCCO3)cc1. The number of ketones is 1. The number of halogens is 1. The summed E-state index contributed by atoms with van der Waals surface area (Å²) < 4.78 is 10.9. The van der Waals surface area contributed by atoms with E-state index in [9.17, 15) is 9.59 Å². The van der Waals surface area contributed by atoms with Crippen LogP contribution in [0.1, 0.15) is 35.7 Å². The quantitative estimate of drug-likeness (QED) is 0.768. The Morgan fingerprint density at radius 3 is 2.35 bits per heavy atom. The van der Waals surface area contributed by atoms with E-state index in [0.29, 0.717) is 41.0 Å². The van der Waals surface area contributed by atoms with E-state index in [2.05, 4.69) is 12.2 Å². The second-order valence-corrected chi connectivity index (χ2v) is 6.40. The van der Waals surface area contributed by atoms with Gasteiger partial charge in [-0.2, -0.15) is 0 Å². The summed E-state index contributed by atoms with van der Waals surface area (Å²) in [4.78, 5) is 24.4. The van der Waals surface area contributed by atoms with Crippen molar-refractivity contribution in [2.45, 2.75) is 26.2 Å². The van der Waals surface area contributed by atoms with Crippen molar-refractivity contribution < 1.29 is 19.1 Å². The van der Waals surface area contributed by atoms with Crippen molar-refractivity contribution in [1.29, 1.82) is 0 Å². The number of nitrogens with one attached hydrogen (secondary N) is 1. The Morgan fingerprint density at radius 2 is 1.69 bits per heavy atom.